The topological polar surface area (TPSA) is 212 Å². The van der Waals surface area contributed by atoms with Crippen LogP contribution in [0.3, 0.4) is 0 Å². The summed E-state index contributed by atoms with van der Waals surface area (Å²) in [7, 11) is 4.29. The third-order valence-corrected chi connectivity index (χ3v) is 15.6. The number of methoxy groups -OCH3 is 3. The van der Waals surface area contributed by atoms with E-state index in [-0.39, 0.29) is 66.0 Å². The number of aromatic nitrogens is 4. The van der Waals surface area contributed by atoms with E-state index in [0.717, 1.165) is 68.3 Å². The highest BCUT2D eigenvalue weighted by atomic mass is 16.5. The number of likely N-dealkylation sites (tertiary alicyclic amines) is 2. The van der Waals surface area contributed by atoms with Crippen molar-refractivity contribution in [3.05, 3.63) is 65.9 Å². The van der Waals surface area contributed by atoms with Crippen LogP contribution in [0.25, 0.3) is 44.2 Å². The van der Waals surface area contributed by atoms with Gasteiger partial charge in [-0.05, 0) is 131 Å². The van der Waals surface area contributed by atoms with Gasteiger partial charge in [-0.3, -0.25) is 9.59 Å². The van der Waals surface area contributed by atoms with Crippen LogP contribution in [0.4, 0.5) is 9.59 Å². The number of hydrogen-bond acceptors (Lipinski definition) is 12. The molecular weight excluding hydrogens is 909 g/mol. The Labute approximate surface area is 413 Å². The molecule has 18 heteroatoms. The molecule has 5 aliphatic rings. The predicted octanol–water partition coefficient (Wildman–Crippen LogP) is 7.72. The number of H-pyrrole nitrogens is 2. The zero-order valence-electron chi connectivity index (χ0n) is 41.6. The fourth-order valence-corrected chi connectivity index (χ4v) is 12.2. The first kappa shape index (κ1) is 48.4. The van der Waals surface area contributed by atoms with Gasteiger partial charge in [0.15, 0.2) is 0 Å². The lowest BCUT2D eigenvalue weighted by atomic mass is 9.85. The van der Waals surface area contributed by atoms with Crippen molar-refractivity contribution in [2.24, 2.45) is 17.8 Å². The van der Waals surface area contributed by atoms with Crippen LogP contribution in [-0.2, 0) is 39.9 Å². The number of imidazole rings is 2. The lowest BCUT2D eigenvalue weighted by Crippen LogP contribution is -2.55. The lowest BCUT2D eigenvalue weighted by Gasteiger charge is -2.39. The summed E-state index contributed by atoms with van der Waals surface area (Å²) >= 11 is 0. The van der Waals surface area contributed by atoms with E-state index >= 15 is 0 Å². The number of alkyl carbamates (subject to hydrolysis) is 2. The van der Waals surface area contributed by atoms with Gasteiger partial charge in [-0.1, -0.05) is 18.2 Å². The Bertz CT molecular complexity index is 2800. The average molecular weight is 975 g/mol. The first-order valence-corrected chi connectivity index (χ1v) is 25.2. The van der Waals surface area contributed by atoms with Gasteiger partial charge in [-0.25, -0.2) is 19.6 Å². The largest absolute Gasteiger partial charge is 0.488 e. The van der Waals surface area contributed by atoms with Crippen molar-refractivity contribution in [1.82, 2.24) is 40.4 Å². The van der Waals surface area contributed by atoms with Crippen LogP contribution in [0.1, 0.15) is 102 Å². The van der Waals surface area contributed by atoms with E-state index < -0.39 is 24.3 Å². The smallest absolute Gasteiger partial charge is 0.407 e. The first-order valence-electron chi connectivity index (χ1n) is 25.2. The van der Waals surface area contributed by atoms with Gasteiger partial charge < -0.3 is 58.8 Å². The molecule has 10 atom stereocenters. The van der Waals surface area contributed by atoms with Crippen LogP contribution in [0.15, 0.2) is 48.7 Å². The molecule has 4 amide bonds. The minimum atomic E-state index is -0.771. The normalized spacial score (nSPS) is 27.1. The standard InChI is InChI=1S/C53H66N8O10/c1-27-8-13-42(61(27)51(63)46(59-53(65)68-7)35-17-29(3)71-30(4)18-35)49-55-40-12-10-32-21-39-37-11-9-33(20-36(37)26-70-44(39)22-38(32)47(40)57-49)41-23-54-48(56-41)43-19-31(25-66-5)24-60(43)50(62)45(58-52(64)67-6)34-14-15-69-28(2)16-34/h9-12,20-23,27-31,34-35,42-43,45-46H,8,13-19,24-26H2,1-7H3,(H,54,56)(H,55,57)(H,58,64)(H,59,65). The molecule has 0 spiro atoms. The van der Waals surface area contributed by atoms with E-state index in [2.05, 4.69) is 63.9 Å². The van der Waals surface area contributed by atoms with Crippen LogP contribution in [0.2, 0.25) is 0 Å². The van der Waals surface area contributed by atoms with Crippen molar-refractivity contribution in [2.45, 2.75) is 128 Å². The van der Waals surface area contributed by atoms with Crippen molar-refractivity contribution in [3.63, 3.8) is 0 Å². The molecule has 4 fully saturated rings. The number of ether oxygens (including phenoxy) is 6. The van der Waals surface area contributed by atoms with Crippen LogP contribution >= 0.6 is 0 Å². The summed E-state index contributed by atoms with van der Waals surface area (Å²) in [6.45, 7) is 9.89. The predicted molar refractivity (Wildman–Crippen MR) is 263 cm³/mol. The molecule has 0 aliphatic carbocycles. The molecule has 5 aliphatic heterocycles. The van der Waals surface area contributed by atoms with Gasteiger partial charge in [0.1, 0.15) is 36.1 Å². The minimum absolute atomic E-state index is 0.0299. The molecule has 7 heterocycles. The fraction of sp³-hybridized carbons (Fsp3) is 0.547. The number of nitrogens with zero attached hydrogens (tertiary/aromatic N) is 4. The zero-order valence-corrected chi connectivity index (χ0v) is 41.6. The van der Waals surface area contributed by atoms with Crippen molar-refractivity contribution in [2.75, 3.05) is 41.1 Å². The Morgan fingerprint density at radius 3 is 2.27 bits per heavy atom. The Kier molecular flexibility index (Phi) is 13.7. The van der Waals surface area contributed by atoms with Gasteiger partial charge in [-0.2, -0.15) is 0 Å². The maximum atomic E-state index is 14.6. The van der Waals surface area contributed by atoms with E-state index in [4.69, 9.17) is 38.4 Å². The highest BCUT2D eigenvalue weighted by Gasteiger charge is 2.46. The molecular formula is C53H66N8O10. The SMILES string of the molecule is COCC1CC(c2ncc(-c3ccc4c(c3)COc3cc5c(ccc6[nH]c(C7CCC(C)N7C(=O)C(NC(=O)OC)C7CC(C)OC(C)C7)nc65)cc3-4)[nH]2)N(C(=O)C(NC(=O)OC)C2CCOC(C)C2)C1. The quantitative estimate of drug-likeness (QED) is 0.100. The number of hydrogen-bond donors (Lipinski definition) is 4. The van der Waals surface area contributed by atoms with E-state index in [1.54, 1.807) is 7.11 Å². The number of carbonyl (C=O) groups is 4. The molecule has 71 heavy (non-hydrogen) atoms. The summed E-state index contributed by atoms with van der Waals surface area (Å²) in [6, 6.07) is 12.4. The molecule has 4 saturated heterocycles. The third kappa shape index (κ3) is 9.53. The van der Waals surface area contributed by atoms with Gasteiger partial charge in [-0.15, -0.1) is 0 Å². The Balaban J connectivity index is 0.897. The summed E-state index contributed by atoms with van der Waals surface area (Å²) in [5, 5.41) is 7.70. The highest BCUT2D eigenvalue weighted by molar-refractivity contribution is 6.07. The average Bonchev–Trinajstić information content (AvgIpc) is 4.19. The maximum absolute atomic E-state index is 14.6. The number of carbonyl (C=O) groups excluding carboxylic acids is 4. The minimum Gasteiger partial charge on any atom is -0.488 e. The number of aromatic amines is 2. The van der Waals surface area contributed by atoms with Gasteiger partial charge in [0.05, 0.1) is 74.1 Å². The summed E-state index contributed by atoms with van der Waals surface area (Å²) in [5.41, 5.74) is 6.48. The second-order valence-electron chi connectivity index (χ2n) is 20.4. The van der Waals surface area contributed by atoms with Crippen LogP contribution in [-0.4, -0.2) is 131 Å². The fourth-order valence-electron chi connectivity index (χ4n) is 12.2. The van der Waals surface area contributed by atoms with Gasteiger partial charge in [0.25, 0.3) is 0 Å². The van der Waals surface area contributed by atoms with Crippen molar-refractivity contribution < 1.29 is 47.6 Å². The van der Waals surface area contributed by atoms with Gasteiger partial charge in [0, 0.05) is 43.2 Å². The zero-order chi connectivity index (χ0) is 49.7. The summed E-state index contributed by atoms with van der Waals surface area (Å²) in [4.78, 5) is 75.3. The van der Waals surface area contributed by atoms with Crippen LogP contribution in [0.5, 0.6) is 5.75 Å². The van der Waals surface area contributed by atoms with E-state index in [1.165, 1.54) is 14.2 Å². The number of rotatable bonds is 11. The van der Waals surface area contributed by atoms with Crippen molar-refractivity contribution in [3.8, 4) is 28.1 Å². The van der Waals surface area contributed by atoms with Gasteiger partial charge in [0.2, 0.25) is 11.8 Å². The molecule has 2 aromatic heterocycles. The van der Waals surface area contributed by atoms with Crippen LogP contribution < -0.4 is 15.4 Å². The number of benzene rings is 3. The van der Waals surface area contributed by atoms with Crippen LogP contribution in [0, 0.1) is 17.8 Å². The van der Waals surface area contributed by atoms with E-state index in [1.807, 2.05) is 42.8 Å². The summed E-state index contributed by atoms with van der Waals surface area (Å²) in [5.74, 6) is 1.70. The number of amides is 4. The highest BCUT2D eigenvalue weighted by Crippen LogP contribution is 2.45. The summed E-state index contributed by atoms with van der Waals surface area (Å²) < 4.78 is 33.8. The molecule has 0 radical (unpaired) electrons. The number of nitrogens with one attached hydrogen (secondary N) is 4. The molecule has 5 aromatic rings. The maximum Gasteiger partial charge on any atom is 0.407 e. The molecule has 4 N–H and O–H groups in total. The molecule has 18 nitrogen and oxygen atoms in total. The summed E-state index contributed by atoms with van der Waals surface area (Å²) in [6.07, 6.45) is 5.20. The molecule has 3 aromatic carbocycles. The number of fused-ring (bicyclic) bond motifs is 6. The molecule has 10 rings (SSSR count). The Morgan fingerprint density at radius 2 is 1.54 bits per heavy atom. The molecule has 378 valence electrons. The monoisotopic (exact) mass is 974 g/mol. The Hall–Kier alpha value is -6.24. The molecule has 0 bridgehead atoms. The molecule has 10 unspecified atom stereocenters. The van der Waals surface area contributed by atoms with E-state index in [9.17, 15) is 19.2 Å². The first-order chi connectivity index (χ1) is 34.3. The third-order valence-electron chi connectivity index (χ3n) is 15.6. The van der Waals surface area contributed by atoms with Crippen molar-refractivity contribution >= 4 is 45.8 Å². The lowest BCUT2D eigenvalue weighted by molar-refractivity contribution is -0.140. The van der Waals surface area contributed by atoms with E-state index in [0.29, 0.717) is 70.1 Å². The second-order valence-corrected chi connectivity index (χ2v) is 20.4. The molecule has 0 saturated carbocycles. The Morgan fingerprint density at radius 1 is 0.789 bits per heavy atom. The van der Waals surface area contributed by atoms with Crippen molar-refractivity contribution in [1.29, 1.82) is 0 Å². The van der Waals surface area contributed by atoms with Gasteiger partial charge >= 0.3 is 12.2 Å². The second kappa shape index (κ2) is 20.1.